The molecule has 1 rings (SSSR count). The summed E-state index contributed by atoms with van der Waals surface area (Å²) in [6, 6.07) is 0.174. The predicted octanol–water partition coefficient (Wildman–Crippen LogP) is 1.95. The van der Waals surface area contributed by atoms with Gasteiger partial charge in [0.05, 0.1) is 13.3 Å². The third-order valence-electron chi connectivity index (χ3n) is 2.82. The maximum absolute atomic E-state index is 12.0. The molecule has 0 radical (unpaired) electrons. The quantitative estimate of drug-likeness (QED) is 0.771. The minimum absolute atomic E-state index is 0.155. The second-order valence-electron chi connectivity index (χ2n) is 5.34. The first-order chi connectivity index (χ1) is 7.96. The number of halogens is 1. The molecule has 0 spiro atoms. The SMILES string of the molecule is CC(C)(C)N(C(=O)OCCCF)C1CCNC1. The lowest BCUT2D eigenvalue weighted by Gasteiger charge is -2.39. The number of alkyl halides is 1. The maximum Gasteiger partial charge on any atom is 0.410 e. The van der Waals surface area contributed by atoms with Gasteiger partial charge in [-0.15, -0.1) is 0 Å². The zero-order valence-electron chi connectivity index (χ0n) is 11.0. The van der Waals surface area contributed by atoms with Crippen LogP contribution in [0.1, 0.15) is 33.6 Å². The fourth-order valence-corrected chi connectivity index (χ4v) is 2.11. The Kier molecular flexibility index (Phi) is 5.18. The standard InChI is InChI=1S/C12H23FN2O2/c1-12(2,3)15(10-5-7-14-9-10)11(16)17-8-4-6-13/h10,14H,4-9H2,1-3H3. The topological polar surface area (TPSA) is 41.6 Å². The summed E-state index contributed by atoms with van der Waals surface area (Å²) in [5.41, 5.74) is -0.274. The highest BCUT2D eigenvalue weighted by molar-refractivity contribution is 5.69. The van der Waals surface area contributed by atoms with Crippen molar-refractivity contribution in [3.8, 4) is 0 Å². The van der Waals surface area contributed by atoms with Crippen LogP contribution in [0.5, 0.6) is 0 Å². The fourth-order valence-electron chi connectivity index (χ4n) is 2.11. The Balaban J connectivity index is 2.59. The second kappa shape index (κ2) is 6.19. The summed E-state index contributed by atoms with van der Waals surface area (Å²) in [5, 5.41) is 3.24. The van der Waals surface area contributed by atoms with E-state index < -0.39 is 6.67 Å². The van der Waals surface area contributed by atoms with Crippen molar-refractivity contribution in [1.82, 2.24) is 10.2 Å². The number of ether oxygens (including phenoxy) is 1. The molecule has 1 unspecified atom stereocenters. The number of nitrogens with zero attached hydrogens (tertiary/aromatic N) is 1. The van der Waals surface area contributed by atoms with E-state index in [1.54, 1.807) is 4.90 Å². The minimum Gasteiger partial charge on any atom is -0.449 e. The third kappa shape index (κ3) is 4.15. The molecule has 0 aromatic heterocycles. The van der Waals surface area contributed by atoms with Crippen molar-refractivity contribution in [2.75, 3.05) is 26.4 Å². The van der Waals surface area contributed by atoms with E-state index in [2.05, 4.69) is 5.32 Å². The molecule has 100 valence electrons. The van der Waals surface area contributed by atoms with E-state index in [0.717, 1.165) is 19.5 Å². The van der Waals surface area contributed by atoms with Gasteiger partial charge in [-0.3, -0.25) is 9.29 Å². The van der Waals surface area contributed by atoms with Crippen LogP contribution in [0.3, 0.4) is 0 Å². The first kappa shape index (κ1) is 14.2. The Labute approximate surface area is 102 Å². The minimum atomic E-state index is -0.451. The Morgan fingerprint density at radius 2 is 2.24 bits per heavy atom. The van der Waals surface area contributed by atoms with Gasteiger partial charge in [-0.2, -0.15) is 0 Å². The molecule has 1 heterocycles. The van der Waals surface area contributed by atoms with Gasteiger partial charge in [0.25, 0.3) is 0 Å². The smallest absolute Gasteiger partial charge is 0.410 e. The van der Waals surface area contributed by atoms with Crippen LogP contribution in [0, 0.1) is 0 Å². The van der Waals surface area contributed by atoms with Crippen LogP contribution in [-0.2, 0) is 4.74 Å². The van der Waals surface area contributed by atoms with Gasteiger partial charge in [-0.1, -0.05) is 0 Å². The third-order valence-corrected chi connectivity index (χ3v) is 2.82. The van der Waals surface area contributed by atoms with E-state index >= 15 is 0 Å². The zero-order valence-corrected chi connectivity index (χ0v) is 11.0. The highest BCUT2D eigenvalue weighted by Crippen LogP contribution is 2.22. The lowest BCUT2D eigenvalue weighted by molar-refractivity contribution is 0.0468. The average molecular weight is 246 g/mol. The van der Waals surface area contributed by atoms with Gasteiger partial charge in [0.15, 0.2) is 0 Å². The summed E-state index contributed by atoms with van der Waals surface area (Å²) >= 11 is 0. The lowest BCUT2D eigenvalue weighted by Crippen LogP contribution is -2.52. The zero-order chi connectivity index (χ0) is 12.9. The van der Waals surface area contributed by atoms with Crippen LogP contribution in [0.4, 0.5) is 9.18 Å². The summed E-state index contributed by atoms with van der Waals surface area (Å²) in [7, 11) is 0. The van der Waals surface area contributed by atoms with Gasteiger partial charge in [0.1, 0.15) is 0 Å². The molecule has 0 bridgehead atoms. The molecular formula is C12H23FN2O2. The van der Waals surface area contributed by atoms with Gasteiger partial charge in [-0.05, 0) is 33.7 Å². The van der Waals surface area contributed by atoms with Crippen LogP contribution in [-0.4, -0.2) is 48.9 Å². The van der Waals surface area contributed by atoms with Crippen LogP contribution in [0.25, 0.3) is 0 Å². The van der Waals surface area contributed by atoms with Gasteiger partial charge in [0, 0.05) is 24.5 Å². The number of nitrogens with one attached hydrogen (secondary N) is 1. The highest BCUT2D eigenvalue weighted by Gasteiger charge is 2.35. The summed E-state index contributed by atoms with van der Waals surface area (Å²) in [4.78, 5) is 13.8. The molecule has 0 aliphatic carbocycles. The Morgan fingerprint density at radius 1 is 1.53 bits per heavy atom. The number of rotatable bonds is 4. The molecule has 1 N–H and O–H groups in total. The van der Waals surface area contributed by atoms with Crippen molar-refractivity contribution in [3.05, 3.63) is 0 Å². The summed E-state index contributed by atoms with van der Waals surface area (Å²) in [6.45, 7) is 7.39. The van der Waals surface area contributed by atoms with Crippen molar-refractivity contribution in [2.45, 2.75) is 45.2 Å². The second-order valence-corrected chi connectivity index (χ2v) is 5.34. The van der Waals surface area contributed by atoms with Crippen LogP contribution in [0.15, 0.2) is 0 Å². The Bertz CT molecular complexity index is 247. The van der Waals surface area contributed by atoms with Gasteiger partial charge in [0.2, 0.25) is 0 Å². The molecule has 1 atom stereocenters. The maximum atomic E-state index is 12.0. The van der Waals surface area contributed by atoms with Crippen LogP contribution >= 0.6 is 0 Å². The molecular weight excluding hydrogens is 223 g/mol. The molecule has 4 nitrogen and oxygen atoms in total. The van der Waals surface area contributed by atoms with Crippen molar-refractivity contribution in [2.24, 2.45) is 0 Å². The molecule has 1 aliphatic rings. The molecule has 0 aromatic rings. The van der Waals surface area contributed by atoms with Crippen LogP contribution < -0.4 is 5.32 Å². The first-order valence-electron chi connectivity index (χ1n) is 6.19. The first-order valence-corrected chi connectivity index (χ1v) is 6.19. The molecule has 1 saturated heterocycles. The van der Waals surface area contributed by atoms with E-state index in [4.69, 9.17) is 4.74 Å². The molecule has 1 amide bonds. The highest BCUT2D eigenvalue weighted by atomic mass is 19.1. The normalized spacial score (nSPS) is 20.4. The van der Waals surface area contributed by atoms with Gasteiger partial charge >= 0.3 is 6.09 Å². The van der Waals surface area contributed by atoms with E-state index in [0.29, 0.717) is 0 Å². The van der Waals surface area contributed by atoms with Gasteiger partial charge in [-0.25, -0.2) is 4.79 Å². The van der Waals surface area contributed by atoms with Crippen LogP contribution in [0.2, 0.25) is 0 Å². The molecule has 0 saturated carbocycles. The van der Waals surface area contributed by atoms with Gasteiger partial charge < -0.3 is 10.1 Å². The molecule has 1 fully saturated rings. The largest absolute Gasteiger partial charge is 0.449 e. The number of carbonyl (C=O) groups is 1. The van der Waals surface area contributed by atoms with E-state index in [1.807, 2.05) is 20.8 Å². The van der Waals surface area contributed by atoms with E-state index in [-0.39, 0.29) is 30.7 Å². The fraction of sp³-hybridized carbons (Fsp3) is 0.917. The summed E-state index contributed by atoms with van der Waals surface area (Å²) in [5.74, 6) is 0. The summed E-state index contributed by atoms with van der Waals surface area (Å²) in [6.07, 6.45) is 0.877. The average Bonchev–Trinajstić information content (AvgIpc) is 2.69. The summed E-state index contributed by atoms with van der Waals surface area (Å²) < 4.78 is 17.1. The van der Waals surface area contributed by atoms with Crippen molar-refractivity contribution >= 4 is 6.09 Å². The number of amides is 1. The Hall–Kier alpha value is -0.840. The molecule has 5 heteroatoms. The number of hydrogen-bond donors (Lipinski definition) is 1. The molecule has 17 heavy (non-hydrogen) atoms. The van der Waals surface area contributed by atoms with E-state index in [1.165, 1.54) is 0 Å². The Morgan fingerprint density at radius 3 is 2.71 bits per heavy atom. The monoisotopic (exact) mass is 246 g/mol. The number of carbonyl (C=O) groups excluding carboxylic acids is 1. The van der Waals surface area contributed by atoms with Crippen molar-refractivity contribution in [3.63, 3.8) is 0 Å². The van der Waals surface area contributed by atoms with Crippen molar-refractivity contribution < 1.29 is 13.9 Å². The van der Waals surface area contributed by atoms with E-state index in [9.17, 15) is 9.18 Å². The molecule has 0 aromatic carbocycles. The molecule has 1 aliphatic heterocycles. The lowest BCUT2D eigenvalue weighted by atomic mass is 10.0. The van der Waals surface area contributed by atoms with Crippen molar-refractivity contribution in [1.29, 1.82) is 0 Å². The number of hydrogen-bond acceptors (Lipinski definition) is 3. The predicted molar refractivity (Wildman–Crippen MR) is 64.8 cm³/mol.